The topological polar surface area (TPSA) is 187 Å². The number of aromatic nitrogens is 2. The Hall–Kier alpha value is -6.38. The highest BCUT2D eigenvalue weighted by Gasteiger charge is 2.34. The van der Waals surface area contributed by atoms with E-state index in [1.807, 2.05) is 60.7 Å². The number of carbonyl (C=O) groups excluding carboxylic acids is 5. The number of hydrogen-bond acceptors (Lipinski definition) is 9. The van der Waals surface area contributed by atoms with E-state index in [0.29, 0.717) is 51.1 Å². The summed E-state index contributed by atoms with van der Waals surface area (Å²) in [7, 11) is 0. The Morgan fingerprint density at radius 1 is 0.881 bits per heavy atom. The van der Waals surface area contributed by atoms with E-state index in [4.69, 9.17) is 9.84 Å². The van der Waals surface area contributed by atoms with E-state index in [-0.39, 0.29) is 23.8 Å². The second-order valence-corrected chi connectivity index (χ2v) is 16.3. The van der Waals surface area contributed by atoms with Gasteiger partial charge in [-0.05, 0) is 99.0 Å². The van der Waals surface area contributed by atoms with Gasteiger partial charge >= 0.3 is 12.1 Å². The number of pyridine rings is 2. The minimum Gasteiger partial charge on any atom is -0.444 e. The zero-order valence-corrected chi connectivity index (χ0v) is 34.5. The molecule has 6 amide bonds. The van der Waals surface area contributed by atoms with Crippen LogP contribution in [0.2, 0.25) is 0 Å². The summed E-state index contributed by atoms with van der Waals surface area (Å²) in [4.78, 5) is 75.9. The van der Waals surface area contributed by atoms with E-state index in [1.165, 1.54) is 5.01 Å². The first-order chi connectivity index (χ1) is 28.2. The Morgan fingerprint density at radius 2 is 1.64 bits per heavy atom. The number of fused-ring (bicyclic) bond motifs is 2. The van der Waals surface area contributed by atoms with Crippen molar-refractivity contribution in [3.05, 3.63) is 102 Å². The molecule has 4 N–H and O–H groups in total. The van der Waals surface area contributed by atoms with Crippen molar-refractivity contribution in [3.63, 3.8) is 0 Å². The normalized spacial score (nSPS) is 16.2. The number of alkyl carbamates (subject to hydrolysis) is 1. The predicted octanol–water partition coefficient (Wildman–Crippen LogP) is 5.85. The maximum Gasteiger partial charge on any atom is 0.408 e. The lowest BCUT2D eigenvalue weighted by Gasteiger charge is -2.30. The summed E-state index contributed by atoms with van der Waals surface area (Å²) in [5.41, 5.74) is 5.26. The largest absolute Gasteiger partial charge is 0.444 e. The van der Waals surface area contributed by atoms with Crippen LogP contribution < -0.4 is 21.3 Å². The van der Waals surface area contributed by atoms with Gasteiger partial charge in [0.15, 0.2) is 0 Å². The zero-order chi connectivity index (χ0) is 42.3. The van der Waals surface area contributed by atoms with Crippen molar-refractivity contribution >= 4 is 52.1 Å². The maximum atomic E-state index is 14.1. The van der Waals surface area contributed by atoms with Gasteiger partial charge in [-0.2, -0.15) is 5.10 Å². The molecule has 2 unspecified atom stereocenters. The van der Waals surface area contributed by atoms with Gasteiger partial charge < -0.3 is 30.9 Å². The average Bonchev–Trinajstić information content (AvgIpc) is 3.64. The number of unbranched alkanes of at least 4 members (excludes halogenated alkanes) is 1. The smallest absolute Gasteiger partial charge is 0.408 e. The molecule has 0 saturated carbocycles. The molecule has 6 rings (SSSR count). The predicted molar refractivity (Wildman–Crippen MR) is 224 cm³/mol. The molecule has 2 aliphatic rings. The molecule has 15 heteroatoms. The molecule has 2 aromatic carbocycles. The van der Waals surface area contributed by atoms with Crippen molar-refractivity contribution in [2.45, 2.75) is 97.5 Å². The fraction of sp³-hybridized carbons (Fsp3) is 0.409. The average molecular weight is 804 g/mol. The summed E-state index contributed by atoms with van der Waals surface area (Å²) in [6.07, 6.45) is 6.01. The van der Waals surface area contributed by atoms with Gasteiger partial charge in [0.05, 0.1) is 17.1 Å². The summed E-state index contributed by atoms with van der Waals surface area (Å²) in [5, 5.41) is 18.4. The lowest BCUT2D eigenvalue weighted by atomic mass is 9.86. The Balaban J connectivity index is 1.07. The monoisotopic (exact) mass is 803 g/mol. The Kier molecular flexibility index (Phi) is 13.2. The van der Waals surface area contributed by atoms with Crippen LogP contribution in [0, 0.1) is 5.92 Å². The van der Waals surface area contributed by atoms with Crippen LogP contribution in [0.5, 0.6) is 0 Å². The van der Waals surface area contributed by atoms with Gasteiger partial charge in [0.2, 0.25) is 11.8 Å². The number of urea groups is 1. The minimum atomic E-state index is -0.891. The van der Waals surface area contributed by atoms with Crippen LogP contribution in [-0.4, -0.2) is 86.2 Å². The van der Waals surface area contributed by atoms with E-state index in [9.17, 15) is 24.0 Å². The number of hydrogen-bond donors (Lipinski definition) is 4. The van der Waals surface area contributed by atoms with Crippen LogP contribution in [0.25, 0.3) is 10.9 Å². The number of benzene rings is 2. The minimum absolute atomic E-state index is 0.129. The highest BCUT2D eigenvalue weighted by molar-refractivity contribution is 6.07. The van der Waals surface area contributed by atoms with Crippen molar-refractivity contribution in [1.82, 2.24) is 35.8 Å². The molecule has 0 fully saturated rings. The van der Waals surface area contributed by atoms with Gasteiger partial charge in [0, 0.05) is 62.3 Å². The first-order valence-electron chi connectivity index (χ1n) is 20.0. The molecule has 310 valence electrons. The lowest BCUT2D eigenvalue weighted by Crippen LogP contribution is -2.55. The standard InChI is InChI=1S/C44H53N9O6/c1-27(2)38(50-43(58)59-44(4,5)6)40(55)48-28(3)39(54)47-19-7-8-22-53-41(56)35(33-11-9-13-36-34(33)12-10-20-46-36)23-37(51-53)29-14-16-32(17-15-29)49-42(57)52-25-30-18-21-45-24-31(30)26-52/h9-18,20-21,24,27-28,35,38H,7-8,19,22-23,25-26H2,1-6H3,(H,47,54)(H,48,55)(H,49,57)(H,50,58)/t28-,35?,38?/m0/s1. The summed E-state index contributed by atoms with van der Waals surface area (Å²) in [5.74, 6) is -1.76. The number of amides is 6. The number of hydrazone groups is 1. The third-order valence-corrected chi connectivity index (χ3v) is 10.2. The molecule has 0 spiro atoms. The number of nitrogens with zero attached hydrogens (tertiary/aromatic N) is 5. The molecule has 3 atom stereocenters. The first kappa shape index (κ1) is 42.2. The van der Waals surface area contributed by atoms with Gasteiger partial charge in [-0.1, -0.05) is 44.2 Å². The number of anilines is 1. The van der Waals surface area contributed by atoms with Gasteiger partial charge in [0.25, 0.3) is 5.91 Å². The van der Waals surface area contributed by atoms with Crippen LogP contribution in [0.4, 0.5) is 15.3 Å². The number of ether oxygens (including phenoxy) is 1. The third-order valence-electron chi connectivity index (χ3n) is 10.2. The van der Waals surface area contributed by atoms with Crippen LogP contribution in [0.1, 0.15) is 89.0 Å². The molecule has 15 nitrogen and oxygen atoms in total. The second-order valence-electron chi connectivity index (χ2n) is 16.3. The highest BCUT2D eigenvalue weighted by atomic mass is 16.6. The van der Waals surface area contributed by atoms with Crippen molar-refractivity contribution in [2.75, 3.05) is 18.4 Å². The summed E-state index contributed by atoms with van der Waals surface area (Å²) in [6, 6.07) is 17.1. The molecule has 4 heterocycles. The highest BCUT2D eigenvalue weighted by Crippen LogP contribution is 2.34. The lowest BCUT2D eigenvalue weighted by molar-refractivity contribution is -0.133. The maximum absolute atomic E-state index is 14.1. The molecule has 2 aliphatic heterocycles. The number of nitrogens with one attached hydrogen (secondary N) is 4. The Morgan fingerprint density at radius 3 is 2.37 bits per heavy atom. The fourth-order valence-electron chi connectivity index (χ4n) is 7.11. The molecule has 0 bridgehead atoms. The van der Waals surface area contributed by atoms with Crippen LogP contribution in [0.3, 0.4) is 0 Å². The molecule has 2 aromatic heterocycles. The van der Waals surface area contributed by atoms with Crippen LogP contribution in [0.15, 0.2) is 84.4 Å². The van der Waals surface area contributed by atoms with Crippen LogP contribution in [-0.2, 0) is 32.2 Å². The quantitative estimate of drug-likeness (QED) is 0.121. The number of carbonyl (C=O) groups is 5. The Bertz CT molecular complexity index is 2190. The fourth-order valence-corrected chi connectivity index (χ4v) is 7.11. The molecule has 0 aliphatic carbocycles. The van der Waals surface area contributed by atoms with Gasteiger partial charge in [-0.15, -0.1) is 0 Å². The van der Waals surface area contributed by atoms with Crippen molar-refractivity contribution in [3.8, 4) is 0 Å². The summed E-state index contributed by atoms with van der Waals surface area (Å²) in [6.45, 7) is 12.0. The molecular weight excluding hydrogens is 751 g/mol. The third kappa shape index (κ3) is 10.8. The summed E-state index contributed by atoms with van der Waals surface area (Å²) < 4.78 is 5.30. The zero-order valence-electron chi connectivity index (χ0n) is 34.5. The molecule has 0 saturated heterocycles. The summed E-state index contributed by atoms with van der Waals surface area (Å²) >= 11 is 0. The molecule has 0 radical (unpaired) electrons. The number of rotatable bonds is 13. The van der Waals surface area contributed by atoms with Gasteiger partial charge in [-0.3, -0.25) is 24.4 Å². The molecule has 59 heavy (non-hydrogen) atoms. The van der Waals surface area contributed by atoms with Crippen LogP contribution >= 0.6 is 0 Å². The molecule has 4 aromatic rings. The van der Waals surface area contributed by atoms with E-state index >= 15 is 0 Å². The van der Waals surface area contributed by atoms with Gasteiger partial charge in [-0.25, -0.2) is 14.6 Å². The Labute approximate surface area is 344 Å². The van der Waals surface area contributed by atoms with E-state index in [1.54, 1.807) is 65.0 Å². The second kappa shape index (κ2) is 18.5. The van der Waals surface area contributed by atoms with E-state index < -0.39 is 35.6 Å². The molecular formula is C44H53N9O6. The van der Waals surface area contributed by atoms with Gasteiger partial charge in [0.1, 0.15) is 17.7 Å². The van der Waals surface area contributed by atoms with E-state index in [0.717, 1.165) is 38.9 Å². The van der Waals surface area contributed by atoms with E-state index in [2.05, 4.69) is 31.2 Å². The SMILES string of the molecule is CC(C)C(NC(=O)OC(C)(C)C)C(=O)N[C@@H](C)C(=O)NCCCCN1N=C(c2ccc(NC(=O)N3Cc4ccncc4C3)cc2)CC(c2cccc3ncccc23)C1=O. The van der Waals surface area contributed by atoms with Crippen molar-refractivity contribution in [2.24, 2.45) is 11.0 Å². The van der Waals surface area contributed by atoms with Crippen molar-refractivity contribution < 1.29 is 28.7 Å². The van der Waals surface area contributed by atoms with Crippen molar-refractivity contribution in [1.29, 1.82) is 0 Å². The first-order valence-corrected chi connectivity index (χ1v) is 20.0.